The highest BCUT2D eigenvalue weighted by Crippen LogP contribution is 2.16. The van der Waals surface area contributed by atoms with Crippen LogP contribution in [0.3, 0.4) is 0 Å². The summed E-state index contributed by atoms with van der Waals surface area (Å²) in [4.78, 5) is 37.4. The second-order valence-electron chi connectivity index (χ2n) is 4.87. The second-order valence-corrected chi connectivity index (χ2v) is 7.83. The Labute approximate surface area is 172 Å². The SMILES string of the molecule is C/C=C(/CC(NC(=O)C(F)(F)F)C(=O)NCC(=O)O)N=CCCC.CSI. The number of alkyl halides is 3. The predicted molar refractivity (Wildman–Crippen MR) is 108 cm³/mol. The highest BCUT2D eigenvalue weighted by Gasteiger charge is 2.40. The third kappa shape index (κ3) is 15.4. The van der Waals surface area contributed by atoms with Crippen molar-refractivity contribution >= 4 is 54.1 Å². The average Bonchev–Trinajstić information content (AvgIpc) is 2.57. The number of nitrogens with one attached hydrogen (secondary N) is 2. The number of carbonyl (C=O) groups is 3. The number of aliphatic imine (C=N–C) groups is 1. The van der Waals surface area contributed by atoms with Gasteiger partial charge in [-0.3, -0.25) is 19.4 Å². The molecule has 7 nitrogen and oxygen atoms in total. The molecule has 12 heteroatoms. The topological polar surface area (TPSA) is 108 Å². The Morgan fingerprint density at radius 2 is 1.89 bits per heavy atom. The van der Waals surface area contributed by atoms with Crippen molar-refractivity contribution in [2.24, 2.45) is 4.99 Å². The van der Waals surface area contributed by atoms with E-state index in [4.69, 9.17) is 5.11 Å². The van der Waals surface area contributed by atoms with Gasteiger partial charge in [-0.05, 0) is 40.8 Å². The van der Waals surface area contributed by atoms with Gasteiger partial charge in [0.25, 0.3) is 0 Å². The zero-order valence-electron chi connectivity index (χ0n) is 15.1. The highest BCUT2D eigenvalue weighted by atomic mass is 127. The summed E-state index contributed by atoms with van der Waals surface area (Å²) < 4.78 is 37.1. The Bertz CT molecular complexity index is 543. The largest absolute Gasteiger partial charge is 0.480 e. The molecule has 1 atom stereocenters. The molecule has 0 bridgehead atoms. The molecular weight excluding hydrogens is 502 g/mol. The van der Waals surface area contributed by atoms with Crippen molar-refractivity contribution in [3.63, 3.8) is 0 Å². The summed E-state index contributed by atoms with van der Waals surface area (Å²) in [5, 5.41) is 12.0. The monoisotopic (exact) mass is 525 g/mol. The van der Waals surface area contributed by atoms with Gasteiger partial charge in [0.1, 0.15) is 12.6 Å². The maximum Gasteiger partial charge on any atom is 0.471 e. The van der Waals surface area contributed by atoms with E-state index in [2.05, 4.69) is 26.2 Å². The molecule has 3 N–H and O–H groups in total. The van der Waals surface area contributed by atoms with E-state index in [1.54, 1.807) is 27.4 Å². The van der Waals surface area contributed by atoms with Crippen molar-refractivity contribution < 1.29 is 32.7 Å². The first kappa shape index (κ1) is 27.9. The molecule has 2 amide bonds. The maximum absolute atomic E-state index is 12.4. The van der Waals surface area contributed by atoms with Gasteiger partial charge >= 0.3 is 18.1 Å². The van der Waals surface area contributed by atoms with Gasteiger partial charge < -0.3 is 15.7 Å². The number of aliphatic carboxylic acids is 1. The number of carboxylic acid groups (broad SMARTS) is 1. The van der Waals surface area contributed by atoms with E-state index < -0.39 is 36.5 Å². The minimum atomic E-state index is -5.16. The zero-order valence-corrected chi connectivity index (χ0v) is 18.1. The van der Waals surface area contributed by atoms with E-state index in [1.165, 1.54) is 6.08 Å². The Hall–Kier alpha value is -1.31. The van der Waals surface area contributed by atoms with Crippen LogP contribution >= 0.6 is 30.1 Å². The lowest BCUT2D eigenvalue weighted by atomic mass is 10.1. The van der Waals surface area contributed by atoms with Crippen molar-refractivity contribution in [1.29, 1.82) is 0 Å². The van der Waals surface area contributed by atoms with E-state index in [1.807, 2.05) is 18.5 Å². The van der Waals surface area contributed by atoms with Gasteiger partial charge in [-0.2, -0.15) is 13.2 Å². The average molecular weight is 525 g/mol. The van der Waals surface area contributed by atoms with Crippen molar-refractivity contribution in [3.8, 4) is 0 Å². The first-order valence-corrected chi connectivity index (χ1v) is 11.5. The molecule has 1 unspecified atom stereocenters. The highest BCUT2D eigenvalue weighted by molar-refractivity contribution is 14.2. The van der Waals surface area contributed by atoms with Crippen LogP contribution in [0, 0.1) is 0 Å². The van der Waals surface area contributed by atoms with Crippen LogP contribution in [0.25, 0.3) is 0 Å². The first-order chi connectivity index (χ1) is 12.5. The number of carbonyl (C=O) groups excluding carboxylic acids is 2. The van der Waals surface area contributed by atoms with Crippen LogP contribution in [-0.4, -0.2) is 54.1 Å². The smallest absolute Gasteiger partial charge is 0.471 e. The van der Waals surface area contributed by atoms with Crippen LogP contribution < -0.4 is 10.6 Å². The van der Waals surface area contributed by atoms with Crippen LogP contribution in [0.1, 0.15) is 33.1 Å². The molecule has 0 heterocycles. The number of allylic oxidation sites excluding steroid dienone is 1. The number of rotatable bonds is 9. The number of amides is 2. The number of halogens is 4. The predicted octanol–water partition coefficient (Wildman–Crippen LogP) is 3.10. The number of carboxylic acids is 1. The molecule has 0 aliphatic carbocycles. The Morgan fingerprint density at radius 3 is 2.30 bits per heavy atom. The van der Waals surface area contributed by atoms with Gasteiger partial charge in [0, 0.05) is 18.3 Å². The lowest BCUT2D eigenvalue weighted by Gasteiger charge is -2.19. The van der Waals surface area contributed by atoms with Gasteiger partial charge in [-0.1, -0.05) is 28.4 Å². The normalized spacial score (nSPS) is 12.8. The lowest BCUT2D eigenvalue weighted by Crippen LogP contribution is -2.51. The van der Waals surface area contributed by atoms with E-state index in [0.717, 1.165) is 6.42 Å². The molecule has 0 radical (unpaired) electrons. The van der Waals surface area contributed by atoms with Crippen molar-refractivity contribution in [2.75, 3.05) is 12.8 Å². The summed E-state index contributed by atoms with van der Waals surface area (Å²) in [7, 11) is 1.72. The van der Waals surface area contributed by atoms with Gasteiger partial charge in [0.2, 0.25) is 5.91 Å². The van der Waals surface area contributed by atoms with E-state index in [-0.39, 0.29) is 6.42 Å². The van der Waals surface area contributed by atoms with Gasteiger partial charge in [-0.25, -0.2) is 0 Å². The first-order valence-electron chi connectivity index (χ1n) is 7.72. The van der Waals surface area contributed by atoms with Crippen LogP contribution in [0.2, 0.25) is 0 Å². The molecule has 0 fully saturated rings. The summed E-state index contributed by atoms with van der Waals surface area (Å²) in [6.45, 7) is 2.71. The van der Waals surface area contributed by atoms with Gasteiger partial charge in [0.05, 0.1) is 0 Å². The molecular formula is C15H23F3IN3O4S. The Balaban J connectivity index is 0. The van der Waals surface area contributed by atoms with Gasteiger partial charge in [-0.15, -0.1) is 0 Å². The van der Waals surface area contributed by atoms with Crippen molar-refractivity contribution in [2.45, 2.75) is 45.3 Å². The van der Waals surface area contributed by atoms with Crippen LogP contribution in [0.4, 0.5) is 13.2 Å². The molecule has 0 aromatic heterocycles. The molecule has 156 valence electrons. The number of hydrogen-bond acceptors (Lipinski definition) is 5. The number of hydrogen-bond donors (Lipinski definition) is 3. The minimum Gasteiger partial charge on any atom is -0.480 e. The number of nitrogens with zero attached hydrogens (tertiary/aromatic N) is 1. The summed E-state index contributed by atoms with van der Waals surface area (Å²) in [5.74, 6) is -4.69. The molecule has 0 rings (SSSR count). The summed E-state index contributed by atoms with van der Waals surface area (Å²) in [6.07, 6.45) is 1.06. The molecule has 0 aromatic carbocycles. The lowest BCUT2D eigenvalue weighted by molar-refractivity contribution is -0.174. The van der Waals surface area contributed by atoms with Crippen LogP contribution in [-0.2, 0) is 14.4 Å². The molecule has 0 aliphatic rings. The second kappa shape index (κ2) is 15.7. The van der Waals surface area contributed by atoms with E-state index in [0.29, 0.717) is 12.1 Å². The summed E-state index contributed by atoms with van der Waals surface area (Å²) in [6, 6.07) is -1.59. The maximum atomic E-state index is 12.4. The summed E-state index contributed by atoms with van der Waals surface area (Å²) >= 11 is 2.20. The van der Waals surface area contributed by atoms with E-state index in [9.17, 15) is 27.6 Å². The molecule has 0 spiro atoms. The standard InChI is InChI=1S/C14H20F3N3O4.CH3IS/c1-3-5-6-18-9(4-2)7-10(12(23)19-8-11(21)22)20-13(24)14(15,16)17;1-3-2/h4,6,10H,3,5,7-8H2,1-2H3,(H,19,23)(H,20,24)(H,21,22);1H3/b9-4-,18-6?;. The molecule has 0 saturated carbocycles. The van der Waals surface area contributed by atoms with Crippen molar-refractivity contribution in [3.05, 3.63) is 11.8 Å². The van der Waals surface area contributed by atoms with Crippen LogP contribution in [0.5, 0.6) is 0 Å². The Morgan fingerprint density at radius 1 is 1.33 bits per heavy atom. The molecule has 0 aliphatic heterocycles. The minimum absolute atomic E-state index is 0.293. The van der Waals surface area contributed by atoms with Crippen molar-refractivity contribution in [1.82, 2.24) is 10.6 Å². The van der Waals surface area contributed by atoms with Crippen LogP contribution in [0.15, 0.2) is 16.8 Å². The third-order valence-electron chi connectivity index (χ3n) is 2.71. The van der Waals surface area contributed by atoms with Gasteiger partial charge in [0.15, 0.2) is 0 Å². The fourth-order valence-corrected chi connectivity index (χ4v) is 1.50. The zero-order chi connectivity index (χ0) is 21.5. The quantitative estimate of drug-likeness (QED) is 0.317. The molecule has 27 heavy (non-hydrogen) atoms. The summed E-state index contributed by atoms with van der Waals surface area (Å²) in [5.41, 5.74) is 0.293. The third-order valence-corrected chi connectivity index (χ3v) is 2.71. The number of unbranched alkanes of at least 4 members (excludes halogenated alkanes) is 1. The Kier molecular flexibility index (Phi) is 16.2. The fraction of sp³-hybridized carbons (Fsp3) is 0.600. The molecule has 0 aromatic rings. The molecule has 0 saturated heterocycles. The fourth-order valence-electron chi connectivity index (χ4n) is 1.50. The van der Waals surface area contributed by atoms with E-state index >= 15 is 0 Å².